The molecule has 0 saturated heterocycles. The standard InChI is InChI=1S/C12H10O5/c1-6-2-3-9-7(4-6)8(5-10(13)14)11(17-9)12(15)16/h2-4H,5H2,1H3,(H,13,14)(H,15,16). The van der Waals surface area contributed by atoms with Gasteiger partial charge in [0.1, 0.15) is 5.58 Å². The van der Waals surface area contributed by atoms with E-state index in [-0.39, 0.29) is 17.7 Å². The van der Waals surface area contributed by atoms with E-state index in [0.717, 1.165) is 5.56 Å². The molecule has 0 fully saturated rings. The molecule has 0 aliphatic heterocycles. The van der Waals surface area contributed by atoms with E-state index in [0.29, 0.717) is 11.0 Å². The highest BCUT2D eigenvalue weighted by Gasteiger charge is 2.21. The molecule has 88 valence electrons. The van der Waals surface area contributed by atoms with Gasteiger partial charge in [-0.3, -0.25) is 4.79 Å². The number of carboxylic acid groups (broad SMARTS) is 2. The minimum atomic E-state index is -1.25. The second kappa shape index (κ2) is 3.93. The zero-order valence-electron chi connectivity index (χ0n) is 9.06. The number of aromatic carboxylic acids is 1. The van der Waals surface area contributed by atoms with Gasteiger partial charge in [-0.2, -0.15) is 0 Å². The Labute approximate surface area is 96.3 Å². The van der Waals surface area contributed by atoms with E-state index in [9.17, 15) is 9.59 Å². The van der Waals surface area contributed by atoms with E-state index < -0.39 is 11.9 Å². The maximum absolute atomic E-state index is 11.0. The van der Waals surface area contributed by atoms with Crippen molar-refractivity contribution in [3.63, 3.8) is 0 Å². The van der Waals surface area contributed by atoms with E-state index in [1.807, 2.05) is 6.92 Å². The van der Waals surface area contributed by atoms with Gasteiger partial charge < -0.3 is 14.6 Å². The zero-order chi connectivity index (χ0) is 12.6. The van der Waals surface area contributed by atoms with Crippen molar-refractivity contribution in [2.24, 2.45) is 0 Å². The Kier molecular flexibility index (Phi) is 2.59. The van der Waals surface area contributed by atoms with Crippen LogP contribution in [0.4, 0.5) is 0 Å². The average molecular weight is 234 g/mol. The first-order valence-electron chi connectivity index (χ1n) is 4.96. The predicted octanol–water partition coefficient (Wildman–Crippen LogP) is 2.07. The van der Waals surface area contributed by atoms with Crippen molar-refractivity contribution in [1.29, 1.82) is 0 Å². The van der Waals surface area contributed by atoms with Gasteiger partial charge >= 0.3 is 11.9 Å². The van der Waals surface area contributed by atoms with Gasteiger partial charge in [0.15, 0.2) is 0 Å². The number of furan rings is 1. The van der Waals surface area contributed by atoms with Gasteiger partial charge in [0.2, 0.25) is 5.76 Å². The van der Waals surface area contributed by atoms with E-state index in [4.69, 9.17) is 14.6 Å². The normalized spacial score (nSPS) is 10.6. The van der Waals surface area contributed by atoms with Crippen LogP contribution in [0.5, 0.6) is 0 Å². The monoisotopic (exact) mass is 234 g/mol. The molecule has 1 heterocycles. The Balaban J connectivity index is 2.72. The van der Waals surface area contributed by atoms with Crippen LogP contribution in [0.15, 0.2) is 22.6 Å². The summed E-state index contributed by atoms with van der Waals surface area (Å²) in [5.41, 5.74) is 1.52. The molecule has 0 spiro atoms. The van der Waals surface area contributed by atoms with Gasteiger partial charge in [-0.15, -0.1) is 0 Å². The van der Waals surface area contributed by atoms with Gasteiger partial charge in [-0.25, -0.2) is 4.79 Å². The number of carbonyl (C=O) groups is 2. The van der Waals surface area contributed by atoms with Crippen molar-refractivity contribution in [2.75, 3.05) is 0 Å². The van der Waals surface area contributed by atoms with Crippen LogP contribution >= 0.6 is 0 Å². The number of hydrogen-bond donors (Lipinski definition) is 2. The van der Waals surface area contributed by atoms with Gasteiger partial charge in [-0.05, 0) is 19.1 Å². The van der Waals surface area contributed by atoms with Crippen LogP contribution in [0.25, 0.3) is 11.0 Å². The zero-order valence-corrected chi connectivity index (χ0v) is 9.06. The molecule has 0 amide bonds. The molecule has 1 aromatic heterocycles. The maximum Gasteiger partial charge on any atom is 0.372 e. The van der Waals surface area contributed by atoms with Crippen molar-refractivity contribution >= 4 is 22.9 Å². The van der Waals surface area contributed by atoms with Crippen molar-refractivity contribution in [3.05, 3.63) is 35.1 Å². The number of rotatable bonds is 3. The summed E-state index contributed by atoms with van der Waals surface area (Å²) in [6.45, 7) is 1.84. The molecule has 0 aliphatic rings. The highest BCUT2D eigenvalue weighted by atomic mass is 16.4. The van der Waals surface area contributed by atoms with Crippen molar-refractivity contribution in [1.82, 2.24) is 0 Å². The first kappa shape index (κ1) is 11.2. The summed E-state index contributed by atoms with van der Waals surface area (Å²) in [7, 11) is 0. The number of benzene rings is 1. The van der Waals surface area contributed by atoms with Crippen LogP contribution in [0, 0.1) is 6.92 Å². The number of carboxylic acids is 2. The number of fused-ring (bicyclic) bond motifs is 1. The summed E-state index contributed by atoms with van der Waals surface area (Å²) in [5.74, 6) is -2.64. The molecular formula is C12H10O5. The smallest absolute Gasteiger partial charge is 0.372 e. The van der Waals surface area contributed by atoms with Crippen LogP contribution in [0.3, 0.4) is 0 Å². The summed E-state index contributed by atoms with van der Waals surface area (Å²) in [6, 6.07) is 5.15. The quantitative estimate of drug-likeness (QED) is 0.848. The molecule has 17 heavy (non-hydrogen) atoms. The summed E-state index contributed by atoms with van der Waals surface area (Å²) in [6.07, 6.45) is -0.363. The number of aliphatic carboxylic acids is 1. The molecule has 2 aromatic rings. The maximum atomic E-state index is 11.0. The van der Waals surface area contributed by atoms with Crippen LogP contribution in [-0.4, -0.2) is 22.2 Å². The fourth-order valence-electron chi connectivity index (χ4n) is 1.76. The summed E-state index contributed by atoms with van der Waals surface area (Å²) in [4.78, 5) is 21.7. The molecule has 5 heteroatoms. The minimum Gasteiger partial charge on any atom is -0.481 e. The van der Waals surface area contributed by atoms with Gasteiger partial charge in [0.25, 0.3) is 0 Å². The van der Waals surface area contributed by atoms with Crippen molar-refractivity contribution < 1.29 is 24.2 Å². The van der Waals surface area contributed by atoms with Crippen LogP contribution in [0.2, 0.25) is 0 Å². The third kappa shape index (κ3) is 1.99. The Morgan fingerprint density at radius 2 is 2.00 bits per heavy atom. The first-order chi connectivity index (χ1) is 7.99. The number of aryl methyl sites for hydroxylation is 1. The van der Waals surface area contributed by atoms with E-state index in [2.05, 4.69) is 0 Å². The van der Waals surface area contributed by atoms with E-state index in [1.165, 1.54) is 0 Å². The summed E-state index contributed by atoms with van der Waals surface area (Å²) in [5, 5.41) is 18.3. The summed E-state index contributed by atoms with van der Waals surface area (Å²) >= 11 is 0. The van der Waals surface area contributed by atoms with Gasteiger partial charge in [0, 0.05) is 10.9 Å². The lowest BCUT2D eigenvalue weighted by Crippen LogP contribution is -2.05. The molecule has 2 N–H and O–H groups in total. The largest absolute Gasteiger partial charge is 0.481 e. The topological polar surface area (TPSA) is 87.7 Å². The third-order valence-electron chi connectivity index (χ3n) is 2.47. The van der Waals surface area contributed by atoms with Crippen LogP contribution < -0.4 is 0 Å². The van der Waals surface area contributed by atoms with Crippen LogP contribution in [0.1, 0.15) is 21.7 Å². The number of hydrogen-bond acceptors (Lipinski definition) is 3. The van der Waals surface area contributed by atoms with Gasteiger partial charge in [-0.1, -0.05) is 11.6 Å². The molecule has 0 saturated carbocycles. The molecule has 0 aliphatic carbocycles. The molecule has 0 radical (unpaired) electrons. The Morgan fingerprint density at radius 3 is 2.59 bits per heavy atom. The first-order valence-corrected chi connectivity index (χ1v) is 4.96. The molecule has 5 nitrogen and oxygen atoms in total. The molecule has 0 atom stereocenters. The lowest BCUT2D eigenvalue weighted by Gasteiger charge is -1.96. The average Bonchev–Trinajstić information content (AvgIpc) is 2.56. The molecule has 0 bridgehead atoms. The van der Waals surface area contributed by atoms with E-state index >= 15 is 0 Å². The fourth-order valence-corrected chi connectivity index (χ4v) is 1.76. The Bertz CT molecular complexity index is 609. The van der Waals surface area contributed by atoms with Crippen molar-refractivity contribution in [3.8, 4) is 0 Å². The second-order valence-corrected chi connectivity index (χ2v) is 3.79. The van der Waals surface area contributed by atoms with E-state index in [1.54, 1.807) is 18.2 Å². The third-order valence-corrected chi connectivity index (χ3v) is 2.47. The molecule has 0 unspecified atom stereocenters. The van der Waals surface area contributed by atoms with Crippen LogP contribution in [-0.2, 0) is 11.2 Å². The van der Waals surface area contributed by atoms with Crippen molar-refractivity contribution in [2.45, 2.75) is 13.3 Å². The molecule has 2 rings (SSSR count). The summed E-state index contributed by atoms with van der Waals surface area (Å²) < 4.78 is 5.15. The highest BCUT2D eigenvalue weighted by Crippen LogP contribution is 2.27. The molecular weight excluding hydrogens is 224 g/mol. The SMILES string of the molecule is Cc1ccc2oc(C(=O)O)c(CC(=O)O)c2c1. The lowest BCUT2D eigenvalue weighted by atomic mass is 10.1. The Hall–Kier alpha value is -2.30. The Morgan fingerprint density at radius 1 is 1.29 bits per heavy atom. The highest BCUT2D eigenvalue weighted by molar-refractivity contribution is 5.97. The predicted molar refractivity (Wildman–Crippen MR) is 59.3 cm³/mol. The second-order valence-electron chi connectivity index (χ2n) is 3.79. The minimum absolute atomic E-state index is 0.212. The molecule has 1 aromatic carbocycles. The fraction of sp³-hybridized carbons (Fsp3) is 0.167. The van der Waals surface area contributed by atoms with Gasteiger partial charge in [0.05, 0.1) is 6.42 Å². The lowest BCUT2D eigenvalue weighted by molar-refractivity contribution is -0.136.